The van der Waals surface area contributed by atoms with Crippen LogP contribution in [0.4, 0.5) is 0 Å². The zero-order chi connectivity index (χ0) is 20.4. The van der Waals surface area contributed by atoms with Gasteiger partial charge in [0.25, 0.3) is 5.91 Å². The molecule has 8 heteroatoms. The number of terminal acetylenes is 1. The number of ether oxygens (including phenoxy) is 3. The number of fused-ring (bicyclic) bond motifs is 2. The maximum absolute atomic E-state index is 12.6. The van der Waals surface area contributed by atoms with E-state index in [4.69, 9.17) is 20.6 Å². The Morgan fingerprint density at radius 1 is 1.24 bits per heavy atom. The Balaban J connectivity index is 1.68. The summed E-state index contributed by atoms with van der Waals surface area (Å²) in [5, 5.41) is 0. The van der Waals surface area contributed by atoms with Crippen molar-refractivity contribution >= 4 is 33.4 Å². The molecule has 146 valence electrons. The Labute approximate surface area is 170 Å². The van der Waals surface area contributed by atoms with Crippen LogP contribution in [0, 0.1) is 12.3 Å². The SMILES string of the molecule is C#CCn1c(=NC(=O)Cc2ccc3c(c2)OCO3)sc2cc(C(=O)OC)ccc21. The number of esters is 1. The number of nitrogens with zero attached hydrogens (tertiary/aromatic N) is 2. The van der Waals surface area contributed by atoms with E-state index in [0.717, 1.165) is 15.8 Å². The van der Waals surface area contributed by atoms with Crippen LogP contribution in [0.5, 0.6) is 11.5 Å². The van der Waals surface area contributed by atoms with Crippen molar-refractivity contribution in [2.45, 2.75) is 13.0 Å². The summed E-state index contributed by atoms with van der Waals surface area (Å²) in [5.74, 6) is 3.12. The normalized spacial score (nSPS) is 12.8. The molecule has 0 atom stereocenters. The third kappa shape index (κ3) is 3.73. The summed E-state index contributed by atoms with van der Waals surface area (Å²) in [4.78, 5) is 29.1. The van der Waals surface area contributed by atoms with Gasteiger partial charge in [-0.3, -0.25) is 4.79 Å². The molecule has 0 saturated heterocycles. The molecule has 0 bridgehead atoms. The van der Waals surface area contributed by atoms with Crippen molar-refractivity contribution in [3.8, 4) is 23.8 Å². The summed E-state index contributed by atoms with van der Waals surface area (Å²) in [5.41, 5.74) is 2.00. The lowest BCUT2D eigenvalue weighted by molar-refractivity contribution is -0.117. The molecule has 1 aromatic heterocycles. The zero-order valence-electron chi connectivity index (χ0n) is 15.5. The molecule has 2 heterocycles. The smallest absolute Gasteiger partial charge is 0.337 e. The molecule has 0 N–H and O–H groups in total. The molecule has 3 aromatic rings. The van der Waals surface area contributed by atoms with Crippen LogP contribution in [0.15, 0.2) is 41.4 Å². The standard InChI is InChI=1S/C21H16N2O5S/c1-3-8-23-15-6-5-14(20(25)26-2)11-18(15)29-21(23)22-19(24)10-13-4-7-16-17(9-13)28-12-27-16/h1,4-7,9,11H,8,10,12H2,2H3. The summed E-state index contributed by atoms with van der Waals surface area (Å²) < 4.78 is 18.0. The first-order valence-electron chi connectivity index (χ1n) is 8.70. The Hall–Kier alpha value is -3.57. The van der Waals surface area contributed by atoms with Crippen LogP contribution in [0.3, 0.4) is 0 Å². The fourth-order valence-corrected chi connectivity index (χ4v) is 4.11. The van der Waals surface area contributed by atoms with E-state index in [9.17, 15) is 9.59 Å². The van der Waals surface area contributed by atoms with Gasteiger partial charge in [0.15, 0.2) is 16.3 Å². The minimum absolute atomic E-state index is 0.119. The second-order valence-electron chi connectivity index (χ2n) is 6.22. The number of amides is 1. The summed E-state index contributed by atoms with van der Waals surface area (Å²) in [6, 6.07) is 10.5. The van der Waals surface area contributed by atoms with Gasteiger partial charge in [0.2, 0.25) is 6.79 Å². The lowest BCUT2D eigenvalue weighted by Gasteiger charge is -2.02. The fourth-order valence-electron chi connectivity index (χ4n) is 3.02. The fraction of sp³-hybridized carbons (Fsp3) is 0.190. The van der Waals surface area contributed by atoms with Crippen molar-refractivity contribution in [3.63, 3.8) is 0 Å². The van der Waals surface area contributed by atoms with E-state index >= 15 is 0 Å². The van der Waals surface area contributed by atoms with Gasteiger partial charge in [-0.25, -0.2) is 4.79 Å². The van der Waals surface area contributed by atoms with Gasteiger partial charge in [0, 0.05) is 0 Å². The van der Waals surface area contributed by atoms with E-state index in [2.05, 4.69) is 10.9 Å². The predicted molar refractivity (Wildman–Crippen MR) is 107 cm³/mol. The molecule has 0 saturated carbocycles. The molecule has 0 spiro atoms. The first-order valence-corrected chi connectivity index (χ1v) is 9.52. The second kappa shape index (κ2) is 7.81. The number of carbonyl (C=O) groups excluding carboxylic acids is 2. The summed E-state index contributed by atoms with van der Waals surface area (Å²) in [6.45, 7) is 0.437. The molecule has 7 nitrogen and oxygen atoms in total. The van der Waals surface area contributed by atoms with Crippen LogP contribution in [0.2, 0.25) is 0 Å². The van der Waals surface area contributed by atoms with E-state index < -0.39 is 5.97 Å². The maximum Gasteiger partial charge on any atom is 0.337 e. The third-order valence-electron chi connectivity index (χ3n) is 4.37. The van der Waals surface area contributed by atoms with Gasteiger partial charge in [-0.15, -0.1) is 6.42 Å². The van der Waals surface area contributed by atoms with Gasteiger partial charge >= 0.3 is 5.97 Å². The van der Waals surface area contributed by atoms with Crippen LogP contribution in [0.25, 0.3) is 10.2 Å². The number of carbonyl (C=O) groups is 2. The summed E-state index contributed by atoms with van der Waals surface area (Å²) >= 11 is 1.29. The quantitative estimate of drug-likeness (QED) is 0.490. The molecule has 1 aliphatic heterocycles. The number of methoxy groups -OCH3 is 1. The Bertz CT molecular complexity index is 1230. The molecular formula is C21H16N2O5S. The van der Waals surface area contributed by atoms with Crippen LogP contribution in [0.1, 0.15) is 15.9 Å². The van der Waals surface area contributed by atoms with Crippen molar-refractivity contribution in [2.75, 3.05) is 13.9 Å². The number of aromatic nitrogens is 1. The highest BCUT2D eigenvalue weighted by Crippen LogP contribution is 2.32. The number of hydrogen-bond donors (Lipinski definition) is 0. The molecule has 0 fully saturated rings. The van der Waals surface area contributed by atoms with Gasteiger partial charge in [0.05, 0.1) is 35.9 Å². The monoisotopic (exact) mass is 408 g/mol. The number of rotatable bonds is 4. The predicted octanol–water partition coefficient (Wildman–Crippen LogP) is 2.52. The van der Waals surface area contributed by atoms with Crippen molar-refractivity contribution in [3.05, 3.63) is 52.3 Å². The zero-order valence-corrected chi connectivity index (χ0v) is 16.3. The van der Waals surface area contributed by atoms with E-state index in [0.29, 0.717) is 21.9 Å². The Kier molecular flexibility index (Phi) is 5.06. The van der Waals surface area contributed by atoms with Gasteiger partial charge < -0.3 is 18.8 Å². The van der Waals surface area contributed by atoms with E-state index in [1.165, 1.54) is 18.4 Å². The minimum atomic E-state index is -0.429. The van der Waals surface area contributed by atoms with Gasteiger partial charge in [-0.05, 0) is 35.9 Å². The Morgan fingerprint density at radius 2 is 2.07 bits per heavy atom. The van der Waals surface area contributed by atoms with Crippen molar-refractivity contribution < 1.29 is 23.8 Å². The molecule has 0 radical (unpaired) electrons. The molecule has 0 aliphatic carbocycles. The van der Waals surface area contributed by atoms with E-state index in [-0.39, 0.29) is 25.7 Å². The maximum atomic E-state index is 12.6. The van der Waals surface area contributed by atoms with Gasteiger partial charge in [0.1, 0.15) is 0 Å². The van der Waals surface area contributed by atoms with Crippen LogP contribution in [-0.4, -0.2) is 30.3 Å². The van der Waals surface area contributed by atoms with E-state index in [1.54, 1.807) is 34.9 Å². The lowest BCUT2D eigenvalue weighted by atomic mass is 10.1. The summed E-state index contributed by atoms with van der Waals surface area (Å²) in [6.07, 6.45) is 5.61. The number of thiazole rings is 1. The van der Waals surface area contributed by atoms with Crippen molar-refractivity contribution in [1.82, 2.24) is 4.57 Å². The third-order valence-corrected chi connectivity index (χ3v) is 5.41. The molecule has 0 unspecified atom stereocenters. The summed E-state index contributed by atoms with van der Waals surface area (Å²) in [7, 11) is 1.33. The largest absolute Gasteiger partial charge is 0.465 e. The molecule has 1 aliphatic rings. The Morgan fingerprint density at radius 3 is 2.86 bits per heavy atom. The van der Waals surface area contributed by atoms with Crippen molar-refractivity contribution in [2.24, 2.45) is 4.99 Å². The first-order chi connectivity index (χ1) is 14.1. The lowest BCUT2D eigenvalue weighted by Crippen LogP contribution is -2.17. The molecule has 4 rings (SSSR count). The van der Waals surface area contributed by atoms with Crippen molar-refractivity contribution in [1.29, 1.82) is 0 Å². The average molecular weight is 408 g/mol. The van der Waals surface area contributed by atoms with Gasteiger partial charge in [-0.2, -0.15) is 4.99 Å². The minimum Gasteiger partial charge on any atom is -0.465 e. The highest BCUT2D eigenvalue weighted by Gasteiger charge is 2.15. The molecule has 29 heavy (non-hydrogen) atoms. The molecule has 2 aromatic carbocycles. The highest BCUT2D eigenvalue weighted by atomic mass is 32.1. The number of benzene rings is 2. The van der Waals surface area contributed by atoms with Crippen LogP contribution >= 0.6 is 11.3 Å². The highest BCUT2D eigenvalue weighted by molar-refractivity contribution is 7.16. The topological polar surface area (TPSA) is 79.1 Å². The van der Waals surface area contributed by atoms with Crippen LogP contribution < -0.4 is 14.3 Å². The number of hydrogen-bond acceptors (Lipinski definition) is 6. The van der Waals surface area contributed by atoms with E-state index in [1.807, 2.05) is 6.07 Å². The average Bonchev–Trinajstić information content (AvgIpc) is 3.31. The first kappa shape index (κ1) is 18.8. The van der Waals surface area contributed by atoms with Crippen LogP contribution in [-0.2, 0) is 22.5 Å². The second-order valence-corrected chi connectivity index (χ2v) is 7.23. The van der Waals surface area contributed by atoms with Gasteiger partial charge in [-0.1, -0.05) is 23.3 Å². The molecule has 1 amide bonds. The molecular weight excluding hydrogens is 392 g/mol.